The molecule has 0 atom stereocenters. The first-order chi connectivity index (χ1) is 6.91. The van der Waals surface area contributed by atoms with Crippen molar-refractivity contribution in [3.8, 4) is 0 Å². The number of hydrogen-bond donors (Lipinski definition) is 3. The van der Waals surface area contributed by atoms with Crippen LogP contribution in [-0.2, 0) is 6.54 Å². The van der Waals surface area contributed by atoms with Crippen LogP contribution >= 0.6 is 22.6 Å². The Morgan fingerprint density at radius 3 is 2.07 bits per heavy atom. The molecule has 82 valence electrons. The molecule has 0 radical (unpaired) electrons. The lowest BCUT2D eigenvalue weighted by molar-refractivity contribution is 0.425. The van der Waals surface area contributed by atoms with Gasteiger partial charge in [0.05, 0.1) is 0 Å². The Bertz CT molecular complexity index is 394. The summed E-state index contributed by atoms with van der Waals surface area (Å²) in [7, 11) is -1.43. The summed E-state index contributed by atoms with van der Waals surface area (Å²) in [5, 5.41) is 18.7. The van der Waals surface area contributed by atoms with Crippen molar-refractivity contribution < 1.29 is 10.0 Å². The zero-order chi connectivity index (χ0) is 11.7. The SMILES string of the molecule is Cc1c(I)c(C)c(B(O)O)c(C)c1CN. The van der Waals surface area contributed by atoms with Gasteiger partial charge < -0.3 is 15.8 Å². The lowest BCUT2D eigenvalue weighted by atomic mass is 9.72. The molecule has 0 aromatic heterocycles. The molecule has 0 unspecified atom stereocenters. The molecule has 4 N–H and O–H groups in total. The van der Waals surface area contributed by atoms with Gasteiger partial charge in [-0.25, -0.2) is 0 Å². The van der Waals surface area contributed by atoms with Crippen LogP contribution in [0.3, 0.4) is 0 Å². The predicted molar refractivity (Wildman–Crippen MR) is 71.1 cm³/mol. The number of hydrogen-bond acceptors (Lipinski definition) is 3. The van der Waals surface area contributed by atoms with Gasteiger partial charge in [-0.05, 0) is 71.1 Å². The van der Waals surface area contributed by atoms with Crippen LogP contribution in [0.4, 0.5) is 0 Å². The van der Waals surface area contributed by atoms with E-state index in [1.165, 1.54) is 0 Å². The summed E-state index contributed by atoms with van der Waals surface area (Å²) in [5.41, 5.74) is 10.2. The molecule has 0 aliphatic rings. The highest BCUT2D eigenvalue weighted by atomic mass is 127. The molecule has 1 aromatic rings. The summed E-state index contributed by atoms with van der Waals surface area (Å²) in [6, 6.07) is 0. The van der Waals surface area contributed by atoms with Gasteiger partial charge in [-0.2, -0.15) is 0 Å². The largest absolute Gasteiger partial charge is 0.489 e. The first-order valence-electron chi connectivity index (χ1n) is 4.76. The molecule has 0 saturated carbocycles. The fraction of sp³-hybridized carbons (Fsp3) is 0.400. The molecule has 0 fully saturated rings. The van der Waals surface area contributed by atoms with Crippen LogP contribution in [0.1, 0.15) is 22.3 Å². The second-order valence-corrected chi connectivity index (χ2v) is 4.74. The van der Waals surface area contributed by atoms with Crippen LogP contribution in [-0.4, -0.2) is 17.2 Å². The molecule has 0 aliphatic heterocycles. The summed E-state index contributed by atoms with van der Waals surface area (Å²) in [6.45, 7) is 6.22. The first-order valence-corrected chi connectivity index (χ1v) is 5.83. The normalized spacial score (nSPS) is 10.6. The van der Waals surface area contributed by atoms with Gasteiger partial charge in [-0.3, -0.25) is 0 Å². The van der Waals surface area contributed by atoms with Crippen molar-refractivity contribution in [1.29, 1.82) is 0 Å². The van der Waals surface area contributed by atoms with E-state index < -0.39 is 7.12 Å². The van der Waals surface area contributed by atoms with Crippen LogP contribution < -0.4 is 11.2 Å². The Kier molecular flexibility index (Phi) is 4.16. The maximum atomic E-state index is 9.33. The van der Waals surface area contributed by atoms with E-state index in [-0.39, 0.29) is 0 Å². The monoisotopic (exact) mass is 319 g/mol. The fourth-order valence-corrected chi connectivity index (χ4v) is 2.57. The summed E-state index contributed by atoms with van der Waals surface area (Å²) >= 11 is 2.22. The molecule has 0 bridgehead atoms. The molecule has 0 saturated heterocycles. The van der Waals surface area contributed by atoms with E-state index in [4.69, 9.17) is 5.73 Å². The number of nitrogens with two attached hydrogens (primary N) is 1. The lowest BCUT2D eigenvalue weighted by Gasteiger charge is -2.18. The molecule has 5 heteroatoms. The third-order valence-electron chi connectivity index (χ3n) is 2.83. The van der Waals surface area contributed by atoms with Gasteiger partial charge in [0, 0.05) is 10.1 Å². The van der Waals surface area contributed by atoms with Crippen molar-refractivity contribution in [3.63, 3.8) is 0 Å². The third kappa shape index (κ3) is 2.20. The highest BCUT2D eigenvalue weighted by molar-refractivity contribution is 14.1. The number of benzene rings is 1. The minimum Gasteiger partial charge on any atom is -0.423 e. The minimum absolute atomic E-state index is 0.424. The highest BCUT2D eigenvalue weighted by Gasteiger charge is 2.22. The van der Waals surface area contributed by atoms with Gasteiger partial charge in [0.15, 0.2) is 0 Å². The van der Waals surface area contributed by atoms with Crippen molar-refractivity contribution in [1.82, 2.24) is 0 Å². The predicted octanol–water partition coefficient (Wildman–Crippen LogP) is 0.355. The van der Waals surface area contributed by atoms with Crippen molar-refractivity contribution in [2.75, 3.05) is 0 Å². The van der Waals surface area contributed by atoms with E-state index in [0.29, 0.717) is 12.0 Å². The summed E-state index contributed by atoms with van der Waals surface area (Å²) in [5.74, 6) is 0. The Balaban J connectivity index is 3.60. The highest BCUT2D eigenvalue weighted by Crippen LogP contribution is 2.22. The molecule has 0 heterocycles. The van der Waals surface area contributed by atoms with E-state index >= 15 is 0 Å². The number of rotatable bonds is 2. The second-order valence-electron chi connectivity index (χ2n) is 3.66. The van der Waals surface area contributed by atoms with Crippen molar-refractivity contribution in [2.45, 2.75) is 27.3 Å². The van der Waals surface area contributed by atoms with Gasteiger partial charge >= 0.3 is 7.12 Å². The maximum Gasteiger partial charge on any atom is 0.489 e. The van der Waals surface area contributed by atoms with Crippen LogP contribution in [0.5, 0.6) is 0 Å². The molecular weight excluding hydrogens is 304 g/mol. The van der Waals surface area contributed by atoms with Gasteiger partial charge in [-0.1, -0.05) is 0 Å². The topological polar surface area (TPSA) is 66.5 Å². The molecule has 0 aliphatic carbocycles. The molecule has 0 amide bonds. The Morgan fingerprint density at radius 2 is 1.67 bits per heavy atom. The van der Waals surface area contributed by atoms with Gasteiger partial charge in [0.1, 0.15) is 0 Å². The number of halogens is 1. The molecule has 15 heavy (non-hydrogen) atoms. The zero-order valence-corrected chi connectivity index (χ0v) is 11.3. The lowest BCUT2D eigenvalue weighted by Crippen LogP contribution is -2.36. The van der Waals surface area contributed by atoms with E-state index in [9.17, 15) is 10.0 Å². The Labute approximate surface area is 104 Å². The van der Waals surface area contributed by atoms with Crippen molar-refractivity contribution >= 4 is 35.2 Å². The Hall–Kier alpha value is -0.105. The van der Waals surface area contributed by atoms with Crippen LogP contribution in [0.2, 0.25) is 0 Å². The minimum atomic E-state index is -1.43. The van der Waals surface area contributed by atoms with E-state index in [1.54, 1.807) is 0 Å². The van der Waals surface area contributed by atoms with E-state index in [1.807, 2.05) is 20.8 Å². The molecule has 0 spiro atoms. The summed E-state index contributed by atoms with van der Waals surface area (Å²) in [6.07, 6.45) is 0. The average molecular weight is 319 g/mol. The molecule has 1 aromatic carbocycles. The van der Waals surface area contributed by atoms with E-state index in [2.05, 4.69) is 22.6 Å². The summed E-state index contributed by atoms with van der Waals surface area (Å²) in [4.78, 5) is 0. The molecular formula is C10H15BINO2. The zero-order valence-electron chi connectivity index (χ0n) is 9.13. The molecule has 3 nitrogen and oxygen atoms in total. The fourth-order valence-electron chi connectivity index (χ4n) is 1.95. The standard InChI is InChI=1S/C10H15BINO2/c1-5-8(4-13)6(2)10(12)7(3)9(5)11(14)15/h14-15H,4,13H2,1-3H3. The van der Waals surface area contributed by atoms with Crippen molar-refractivity contribution in [2.24, 2.45) is 5.73 Å². The average Bonchev–Trinajstić information content (AvgIpc) is 2.15. The van der Waals surface area contributed by atoms with Gasteiger partial charge in [0.25, 0.3) is 0 Å². The van der Waals surface area contributed by atoms with Crippen LogP contribution in [0.25, 0.3) is 0 Å². The smallest absolute Gasteiger partial charge is 0.423 e. The second kappa shape index (κ2) is 4.82. The van der Waals surface area contributed by atoms with E-state index in [0.717, 1.165) is 25.8 Å². The van der Waals surface area contributed by atoms with Gasteiger partial charge in [-0.15, -0.1) is 0 Å². The maximum absolute atomic E-state index is 9.33. The summed E-state index contributed by atoms with van der Waals surface area (Å²) < 4.78 is 1.06. The van der Waals surface area contributed by atoms with Crippen LogP contribution in [0.15, 0.2) is 0 Å². The van der Waals surface area contributed by atoms with Gasteiger partial charge in [0.2, 0.25) is 0 Å². The quantitative estimate of drug-likeness (QED) is 0.545. The van der Waals surface area contributed by atoms with Crippen LogP contribution in [0, 0.1) is 24.3 Å². The van der Waals surface area contributed by atoms with Crippen molar-refractivity contribution in [3.05, 3.63) is 25.8 Å². The first kappa shape index (κ1) is 13.0. The third-order valence-corrected chi connectivity index (χ3v) is 4.45. The molecule has 1 rings (SSSR count). The Morgan fingerprint density at radius 1 is 1.13 bits per heavy atom.